The monoisotopic (exact) mass is 324 g/mol. The molecule has 1 aromatic carbocycles. The van der Waals surface area contributed by atoms with Gasteiger partial charge < -0.3 is 14.9 Å². The van der Waals surface area contributed by atoms with Crippen LogP contribution in [0.1, 0.15) is 30.7 Å². The summed E-state index contributed by atoms with van der Waals surface area (Å²) in [5.74, 6) is 1.15. The van der Waals surface area contributed by atoms with Crippen LogP contribution in [0.3, 0.4) is 0 Å². The zero-order valence-electron chi connectivity index (χ0n) is 14.1. The number of para-hydroxylation sites is 1. The summed E-state index contributed by atoms with van der Waals surface area (Å²) in [6, 6.07) is 8.28. The summed E-state index contributed by atoms with van der Waals surface area (Å²) < 4.78 is 2.10. The molecule has 0 unspecified atom stereocenters. The largest absolute Gasteiger partial charge is 0.361 e. The van der Waals surface area contributed by atoms with Crippen molar-refractivity contribution in [1.82, 2.24) is 19.9 Å². The molecule has 0 atom stereocenters. The standard InChI is InChI=1S/C19H24N4O/c1-15-20-11-13-23(15)12-5-10-21-19(24)9-4-6-16-14-22-18-8-3-2-7-17(16)18/h2-3,7-8,11,13-14,22H,4-6,9-10,12H2,1H3,(H,21,24). The van der Waals surface area contributed by atoms with Crippen LogP contribution in [0.4, 0.5) is 0 Å². The van der Waals surface area contributed by atoms with E-state index in [1.54, 1.807) is 6.20 Å². The molecule has 0 saturated heterocycles. The van der Waals surface area contributed by atoms with Gasteiger partial charge in [-0.2, -0.15) is 0 Å². The molecule has 0 saturated carbocycles. The first-order chi connectivity index (χ1) is 11.7. The number of hydrogen-bond donors (Lipinski definition) is 2. The molecule has 0 fully saturated rings. The van der Waals surface area contributed by atoms with Crippen molar-refractivity contribution in [2.75, 3.05) is 6.54 Å². The smallest absolute Gasteiger partial charge is 0.220 e. The third kappa shape index (κ3) is 4.04. The van der Waals surface area contributed by atoms with Crippen LogP contribution in [0.15, 0.2) is 42.9 Å². The van der Waals surface area contributed by atoms with Gasteiger partial charge in [0.05, 0.1) is 0 Å². The van der Waals surface area contributed by atoms with Gasteiger partial charge in [-0.15, -0.1) is 0 Å². The van der Waals surface area contributed by atoms with Gasteiger partial charge in [-0.3, -0.25) is 4.79 Å². The fraction of sp³-hybridized carbons (Fsp3) is 0.368. The number of nitrogens with zero attached hydrogens (tertiary/aromatic N) is 2. The van der Waals surface area contributed by atoms with E-state index >= 15 is 0 Å². The van der Waals surface area contributed by atoms with E-state index in [4.69, 9.17) is 0 Å². The summed E-state index contributed by atoms with van der Waals surface area (Å²) in [5, 5.41) is 4.26. The number of carbonyl (C=O) groups is 1. The minimum Gasteiger partial charge on any atom is -0.361 e. The zero-order chi connectivity index (χ0) is 16.8. The lowest BCUT2D eigenvalue weighted by Gasteiger charge is -2.07. The fourth-order valence-electron chi connectivity index (χ4n) is 2.98. The number of fused-ring (bicyclic) bond motifs is 1. The number of H-pyrrole nitrogens is 1. The van der Waals surface area contributed by atoms with Crippen molar-refractivity contribution in [2.24, 2.45) is 0 Å². The second-order valence-corrected chi connectivity index (χ2v) is 6.08. The van der Waals surface area contributed by atoms with Gasteiger partial charge in [0, 0.05) is 49.0 Å². The summed E-state index contributed by atoms with van der Waals surface area (Å²) >= 11 is 0. The fourth-order valence-corrected chi connectivity index (χ4v) is 2.98. The lowest BCUT2D eigenvalue weighted by molar-refractivity contribution is -0.121. The minimum atomic E-state index is 0.136. The summed E-state index contributed by atoms with van der Waals surface area (Å²) in [4.78, 5) is 19.4. The topological polar surface area (TPSA) is 62.7 Å². The highest BCUT2D eigenvalue weighted by atomic mass is 16.1. The number of aryl methyl sites for hydroxylation is 3. The Morgan fingerprint density at radius 3 is 3.00 bits per heavy atom. The highest BCUT2D eigenvalue weighted by Crippen LogP contribution is 2.19. The number of hydrogen-bond acceptors (Lipinski definition) is 2. The number of carbonyl (C=O) groups excluding carboxylic acids is 1. The molecule has 2 heterocycles. The van der Waals surface area contributed by atoms with Gasteiger partial charge in [-0.25, -0.2) is 4.98 Å². The van der Waals surface area contributed by atoms with Crippen LogP contribution in [0.5, 0.6) is 0 Å². The van der Waals surface area contributed by atoms with Gasteiger partial charge in [0.15, 0.2) is 0 Å². The molecule has 0 aliphatic rings. The maximum absolute atomic E-state index is 11.9. The van der Waals surface area contributed by atoms with Gasteiger partial charge in [0.25, 0.3) is 0 Å². The van der Waals surface area contributed by atoms with E-state index in [2.05, 4.69) is 38.2 Å². The normalized spacial score (nSPS) is 11.0. The van der Waals surface area contributed by atoms with Crippen molar-refractivity contribution in [2.45, 2.75) is 39.2 Å². The van der Waals surface area contributed by atoms with E-state index in [1.807, 2.05) is 25.3 Å². The summed E-state index contributed by atoms with van der Waals surface area (Å²) in [6.07, 6.45) is 9.11. The summed E-state index contributed by atoms with van der Waals surface area (Å²) in [5.41, 5.74) is 2.45. The molecule has 0 aliphatic carbocycles. The predicted molar refractivity (Wildman–Crippen MR) is 95.8 cm³/mol. The maximum atomic E-state index is 11.9. The number of nitrogens with one attached hydrogen (secondary N) is 2. The minimum absolute atomic E-state index is 0.136. The molecule has 3 rings (SSSR count). The molecule has 0 spiro atoms. The van der Waals surface area contributed by atoms with Gasteiger partial charge in [-0.1, -0.05) is 18.2 Å². The first-order valence-electron chi connectivity index (χ1n) is 8.53. The number of rotatable bonds is 8. The first kappa shape index (κ1) is 16.3. The van der Waals surface area contributed by atoms with E-state index in [9.17, 15) is 4.79 Å². The van der Waals surface area contributed by atoms with Gasteiger partial charge in [0.1, 0.15) is 5.82 Å². The highest BCUT2D eigenvalue weighted by molar-refractivity contribution is 5.83. The van der Waals surface area contributed by atoms with Crippen molar-refractivity contribution >= 4 is 16.8 Å². The predicted octanol–water partition coefficient (Wildman–Crippen LogP) is 3.20. The van der Waals surface area contributed by atoms with Crippen LogP contribution >= 0.6 is 0 Å². The number of amides is 1. The van der Waals surface area contributed by atoms with Gasteiger partial charge in [0.2, 0.25) is 5.91 Å². The van der Waals surface area contributed by atoms with Crippen LogP contribution in [0.25, 0.3) is 10.9 Å². The van der Waals surface area contributed by atoms with Crippen molar-refractivity contribution in [3.8, 4) is 0 Å². The number of benzene rings is 1. The molecule has 5 nitrogen and oxygen atoms in total. The molecular formula is C19H24N4O. The quantitative estimate of drug-likeness (QED) is 0.625. The Morgan fingerprint density at radius 2 is 2.17 bits per heavy atom. The van der Waals surface area contributed by atoms with E-state index in [0.29, 0.717) is 13.0 Å². The van der Waals surface area contributed by atoms with Crippen molar-refractivity contribution in [1.29, 1.82) is 0 Å². The molecule has 3 aromatic rings. The van der Waals surface area contributed by atoms with Crippen molar-refractivity contribution < 1.29 is 4.79 Å². The maximum Gasteiger partial charge on any atom is 0.220 e. The molecule has 0 bridgehead atoms. The molecule has 0 aliphatic heterocycles. The number of aromatic amines is 1. The third-order valence-electron chi connectivity index (χ3n) is 4.35. The van der Waals surface area contributed by atoms with Gasteiger partial charge >= 0.3 is 0 Å². The Hall–Kier alpha value is -2.56. The van der Waals surface area contributed by atoms with Gasteiger partial charge in [-0.05, 0) is 37.8 Å². The number of imidazole rings is 1. The van der Waals surface area contributed by atoms with Crippen LogP contribution in [-0.4, -0.2) is 27.0 Å². The Morgan fingerprint density at radius 1 is 1.29 bits per heavy atom. The van der Waals surface area contributed by atoms with E-state index < -0.39 is 0 Å². The molecular weight excluding hydrogens is 300 g/mol. The van der Waals surface area contributed by atoms with E-state index in [0.717, 1.165) is 37.1 Å². The van der Waals surface area contributed by atoms with Crippen LogP contribution in [-0.2, 0) is 17.8 Å². The Labute approximate surface area is 142 Å². The van der Waals surface area contributed by atoms with Crippen LogP contribution in [0, 0.1) is 6.92 Å². The third-order valence-corrected chi connectivity index (χ3v) is 4.35. The molecule has 2 N–H and O–H groups in total. The van der Waals surface area contributed by atoms with E-state index in [1.165, 1.54) is 10.9 Å². The van der Waals surface area contributed by atoms with Crippen LogP contribution < -0.4 is 5.32 Å². The van der Waals surface area contributed by atoms with E-state index in [-0.39, 0.29) is 5.91 Å². The number of aromatic nitrogens is 3. The second-order valence-electron chi connectivity index (χ2n) is 6.08. The van der Waals surface area contributed by atoms with Crippen molar-refractivity contribution in [3.05, 3.63) is 54.2 Å². The summed E-state index contributed by atoms with van der Waals surface area (Å²) in [7, 11) is 0. The molecule has 2 aromatic heterocycles. The average molecular weight is 324 g/mol. The molecule has 24 heavy (non-hydrogen) atoms. The first-order valence-corrected chi connectivity index (χ1v) is 8.53. The second kappa shape index (κ2) is 7.81. The molecule has 0 radical (unpaired) electrons. The lowest BCUT2D eigenvalue weighted by Crippen LogP contribution is -2.25. The molecule has 5 heteroatoms. The van der Waals surface area contributed by atoms with Crippen molar-refractivity contribution in [3.63, 3.8) is 0 Å². The molecule has 126 valence electrons. The Kier molecular flexibility index (Phi) is 5.31. The Bertz CT molecular complexity index is 802. The SMILES string of the molecule is Cc1nccn1CCCNC(=O)CCCc1c[nH]c2ccccc12. The van der Waals surface area contributed by atoms with Crippen LogP contribution in [0.2, 0.25) is 0 Å². The molecule has 1 amide bonds. The summed E-state index contributed by atoms with van der Waals surface area (Å²) in [6.45, 7) is 3.59. The lowest BCUT2D eigenvalue weighted by atomic mass is 10.1. The average Bonchev–Trinajstić information content (AvgIpc) is 3.18. The zero-order valence-corrected chi connectivity index (χ0v) is 14.1. The Balaban J connectivity index is 1.35. The highest BCUT2D eigenvalue weighted by Gasteiger charge is 2.05.